The molecule has 0 fully saturated rings. The van der Waals surface area contributed by atoms with E-state index in [4.69, 9.17) is 19.9 Å². The number of rotatable bonds is 3. The number of phenolic OH excluding ortho intramolecular Hbond substituents is 1. The average Bonchev–Trinajstić information content (AvgIpc) is 2.60. The quantitative estimate of drug-likeness (QED) is 0.816. The van der Waals surface area contributed by atoms with E-state index in [9.17, 15) is 10.4 Å². The van der Waals surface area contributed by atoms with Gasteiger partial charge in [0.2, 0.25) is 5.88 Å². The number of hydrogen-bond donors (Lipinski definition) is 2. The number of methoxy groups -OCH3 is 2. The maximum absolute atomic E-state index is 9.71. The summed E-state index contributed by atoms with van der Waals surface area (Å²) in [6, 6.07) is 10.4. The van der Waals surface area contributed by atoms with Crippen molar-refractivity contribution in [2.45, 2.75) is 5.92 Å². The van der Waals surface area contributed by atoms with Crippen molar-refractivity contribution in [3.05, 3.63) is 57.4 Å². The number of phenols is 1. The molecule has 3 rings (SSSR count). The first-order chi connectivity index (χ1) is 12.0. The normalized spacial score (nSPS) is 15.8. The van der Waals surface area contributed by atoms with Crippen LogP contribution in [0.5, 0.6) is 23.0 Å². The molecule has 1 atom stereocenters. The lowest BCUT2D eigenvalue weighted by atomic mass is 9.83. The first kappa shape index (κ1) is 17.0. The van der Waals surface area contributed by atoms with E-state index >= 15 is 0 Å². The van der Waals surface area contributed by atoms with Crippen molar-refractivity contribution in [2.75, 3.05) is 14.2 Å². The number of allylic oxidation sites excluding steroid dienone is 1. The molecule has 6 nitrogen and oxygen atoms in total. The summed E-state index contributed by atoms with van der Waals surface area (Å²) in [5, 5.41) is 19.3. The Balaban J connectivity index is 2.27. The Hall–Kier alpha value is -2.85. The van der Waals surface area contributed by atoms with Crippen LogP contribution in [0.3, 0.4) is 0 Å². The maximum atomic E-state index is 9.71. The van der Waals surface area contributed by atoms with Crippen molar-refractivity contribution in [1.82, 2.24) is 0 Å². The number of halogens is 1. The van der Waals surface area contributed by atoms with Crippen molar-refractivity contribution in [1.29, 1.82) is 5.26 Å². The van der Waals surface area contributed by atoms with E-state index in [0.717, 1.165) is 15.6 Å². The molecule has 0 aromatic heterocycles. The van der Waals surface area contributed by atoms with Crippen LogP contribution in [0.25, 0.3) is 0 Å². The van der Waals surface area contributed by atoms with Crippen molar-refractivity contribution in [3.63, 3.8) is 0 Å². The maximum Gasteiger partial charge on any atom is 0.205 e. The first-order valence-electron chi connectivity index (χ1n) is 7.32. The first-order valence-corrected chi connectivity index (χ1v) is 8.11. The zero-order valence-electron chi connectivity index (χ0n) is 13.5. The lowest BCUT2D eigenvalue weighted by molar-refractivity contribution is 0.353. The fraction of sp³-hybridized carbons (Fsp3) is 0.167. The van der Waals surface area contributed by atoms with E-state index in [2.05, 4.69) is 22.0 Å². The number of hydrogen-bond acceptors (Lipinski definition) is 6. The molecule has 0 radical (unpaired) electrons. The molecular formula is C18H15BrN2O4. The van der Waals surface area contributed by atoms with E-state index in [1.165, 1.54) is 6.07 Å². The van der Waals surface area contributed by atoms with Gasteiger partial charge in [-0.1, -0.05) is 22.0 Å². The fourth-order valence-electron chi connectivity index (χ4n) is 2.85. The third-order valence-electron chi connectivity index (χ3n) is 4.02. The number of benzene rings is 2. The third kappa shape index (κ3) is 2.85. The van der Waals surface area contributed by atoms with Gasteiger partial charge in [0.1, 0.15) is 23.1 Å². The van der Waals surface area contributed by atoms with E-state index in [1.54, 1.807) is 38.5 Å². The lowest BCUT2D eigenvalue weighted by Crippen LogP contribution is -2.21. The zero-order valence-corrected chi connectivity index (χ0v) is 15.1. The van der Waals surface area contributed by atoms with Gasteiger partial charge in [-0.15, -0.1) is 0 Å². The second-order valence-corrected chi connectivity index (χ2v) is 6.23. The molecule has 0 saturated heterocycles. The minimum absolute atomic E-state index is 0.00675. The van der Waals surface area contributed by atoms with Gasteiger partial charge in [-0.3, -0.25) is 0 Å². The van der Waals surface area contributed by atoms with Gasteiger partial charge in [-0.2, -0.15) is 5.26 Å². The predicted octanol–water partition coefficient (Wildman–Crippen LogP) is 3.39. The summed E-state index contributed by atoms with van der Waals surface area (Å²) in [4.78, 5) is 0. The second kappa shape index (κ2) is 6.57. The Morgan fingerprint density at radius 3 is 2.48 bits per heavy atom. The fourth-order valence-corrected chi connectivity index (χ4v) is 3.41. The highest BCUT2D eigenvalue weighted by molar-refractivity contribution is 9.10. The molecule has 1 unspecified atom stereocenters. The molecule has 0 spiro atoms. The number of aromatic hydroxyl groups is 1. The van der Waals surface area contributed by atoms with Gasteiger partial charge in [0.25, 0.3) is 0 Å². The van der Waals surface area contributed by atoms with Crippen LogP contribution >= 0.6 is 15.9 Å². The molecule has 1 aliphatic rings. The van der Waals surface area contributed by atoms with Gasteiger partial charge in [0.15, 0.2) is 11.5 Å². The van der Waals surface area contributed by atoms with Crippen molar-refractivity contribution >= 4 is 15.9 Å². The Labute approximate surface area is 153 Å². The van der Waals surface area contributed by atoms with Crippen LogP contribution in [-0.4, -0.2) is 19.3 Å². The number of ether oxygens (including phenoxy) is 3. The molecule has 0 aliphatic carbocycles. The van der Waals surface area contributed by atoms with Gasteiger partial charge in [-0.05, 0) is 23.8 Å². The van der Waals surface area contributed by atoms with Crippen LogP contribution in [0, 0.1) is 11.3 Å². The van der Waals surface area contributed by atoms with Gasteiger partial charge < -0.3 is 25.1 Å². The van der Waals surface area contributed by atoms with Gasteiger partial charge >= 0.3 is 0 Å². The summed E-state index contributed by atoms with van der Waals surface area (Å²) in [6.45, 7) is 0. The summed E-state index contributed by atoms with van der Waals surface area (Å²) in [5.41, 5.74) is 7.71. The Bertz CT molecular complexity index is 918. The smallest absolute Gasteiger partial charge is 0.205 e. The summed E-state index contributed by atoms with van der Waals surface area (Å²) >= 11 is 3.53. The zero-order chi connectivity index (χ0) is 18.1. The largest absolute Gasteiger partial charge is 0.508 e. The van der Waals surface area contributed by atoms with Crippen LogP contribution in [0.1, 0.15) is 17.0 Å². The topological polar surface area (TPSA) is 97.7 Å². The monoisotopic (exact) mass is 402 g/mol. The summed E-state index contributed by atoms with van der Waals surface area (Å²) < 4.78 is 16.9. The van der Waals surface area contributed by atoms with Crippen LogP contribution in [0.2, 0.25) is 0 Å². The minimum atomic E-state index is -0.469. The van der Waals surface area contributed by atoms with Crippen LogP contribution < -0.4 is 19.9 Å². The van der Waals surface area contributed by atoms with Crippen molar-refractivity contribution in [3.8, 4) is 29.1 Å². The number of nitriles is 1. The van der Waals surface area contributed by atoms with Crippen LogP contribution in [-0.2, 0) is 0 Å². The van der Waals surface area contributed by atoms with Crippen molar-refractivity contribution in [2.24, 2.45) is 5.73 Å². The Kier molecular flexibility index (Phi) is 4.47. The highest BCUT2D eigenvalue weighted by Crippen LogP contribution is 2.47. The van der Waals surface area contributed by atoms with E-state index in [-0.39, 0.29) is 17.2 Å². The van der Waals surface area contributed by atoms with E-state index in [0.29, 0.717) is 17.2 Å². The minimum Gasteiger partial charge on any atom is -0.508 e. The lowest BCUT2D eigenvalue weighted by Gasteiger charge is -2.27. The molecule has 25 heavy (non-hydrogen) atoms. The molecule has 7 heteroatoms. The SMILES string of the molecule is COc1cc(Br)c(C2C(C#N)=C(N)Oc3cc(O)ccc32)cc1OC. The summed E-state index contributed by atoms with van der Waals surface area (Å²) in [5.74, 6) is 1.09. The van der Waals surface area contributed by atoms with Gasteiger partial charge in [0.05, 0.1) is 20.1 Å². The molecule has 0 amide bonds. The Morgan fingerprint density at radius 1 is 1.16 bits per heavy atom. The highest BCUT2D eigenvalue weighted by atomic mass is 79.9. The number of nitrogens with two attached hydrogens (primary N) is 1. The molecule has 0 saturated carbocycles. The van der Waals surface area contributed by atoms with E-state index < -0.39 is 5.92 Å². The highest BCUT2D eigenvalue weighted by Gasteiger charge is 2.32. The molecule has 128 valence electrons. The number of fused-ring (bicyclic) bond motifs is 1. The summed E-state index contributed by atoms with van der Waals surface area (Å²) in [6.07, 6.45) is 0. The standard InChI is InChI=1S/C18H15BrN2O4/c1-23-15-6-11(13(19)7-16(15)24-2)17-10-4-3-9(22)5-14(10)25-18(21)12(17)8-20/h3-7,17,22H,21H2,1-2H3. The number of nitrogens with zero attached hydrogens (tertiary/aromatic N) is 1. The van der Waals surface area contributed by atoms with E-state index in [1.807, 2.05) is 0 Å². The molecule has 1 aliphatic heterocycles. The third-order valence-corrected chi connectivity index (χ3v) is 4.70. The molecule has 0 bridgehead atoms. The molecular weight excluding hydrogens is 388 g/mol. The molecule has 1 heterocycles. The Morgan fingerprint density at radius 2 is 1.84 bits per heavy atom. The van der Waals surface area contributed by atoms with Crippen LogP contribution in [0.4, 0.5) is 0 Å². The average molecular weight is 403 g/mol. The van der Waals surface area contributed by atoms with Crippen molar-refractivity contribution < 1.29 is 19.3 Å². The summed E-state index contributed by atoms with van der Waals surface area (Å²) in [7, 11) is 3.09. The van der Waals surface area contributed by atoms with Gasteiger partial charge in [0, 0.05) is 16.1 Å². The molecule has 2 aromatic carbocycles. The molecule has 2 aromatic rings. The van der Waals surface area contributed by atoms with Gasteiger partial charge in [-0.25, -0.2) is 0 Å². The van der Waals surface area contributed by atoms with Crippen LogP contribution in [0.15, 0.2) is 46.3 Å². The molecule has 3 N–H and O–H groups in total. The second-order valence-electron chi connectivity index (χ2n) is 5.38. The predicted molar refractivity (Wildman–Crippen MR) is 94.7 cm³/mol.